The van der Waals surface area contributed by atoms with Gasteiger partial charge in [0.15, 0.2) is 0 Å². The van der Waals surface area contributed by atoms with Crippen molar-refractivity contribution in [3.63, 3.8) is 0 Å². The highest BCUT2D eigenvalue weighted by Crippen LogP contribution is 2.26. The lowest BCUT2D eigenvalue weighted by Gasteiger charge is -2.07. The van der Waals surface area contributed by atoms with Crippen molar-refractivity contribution in [2.75, 3.05) is 0 Å². The van der Waals surface area contributed by atoms with E-state index in [9.17, 15) is 9.18 Å². The largest absolute Gasteiger partial charge is 0.366 e. The molecule has 0 fully saturated rings. The Morgan fingerprint density at radius 2 is 1.95 bits per heavy atom. The molecule has 2 N–H and O–H groups in total. The lowest BCUT2D eigenvalue weighted by atomic mass is 10.2. The average molecular weight is 297 g/mol. The van der Waals surface area contributed by atoms with Crippen molar-refractivity contribution in [3.8, 4) is 11.4 Å². The number of benzene rings is 2. The van der Waals surface area contributed by atoms with Gasteiger partial charge in [-0.2, -0.15) is 0 Å². The van der Waals surface area contributed by atoms with E-state index in [1.807, 2.05) is 6.07 Å². The fourth-order valence-corrected chi connectivity index (χ4v) is 2.55. The second kappa shape index (κ2) is 5.60. The molecule has 1 heterocycles. The third-order valence-electron chi connectivity index (χ3n) is 3.58. The first-order chi connectivity index (χ1) is 10.6. The van der Waals surface area contributed by atoms with Gasteiger partial charge < -0.3 is 10.3 Å². The third kappa shape index (κ3) is 2.45. The average Bonchev–Trinajstić information content (AvgIpc) is 2.86. The molecule has 0 saturated carbocycles. The SMILES string of the molecule is CCCn1c(-c2ccc(F)cc2)nc2cc(C(N)=O)ccc21. The molecule has 2 aromatic carbocycles. The summed E-state index contributed by atoms with van der Waals surface area (Å²) in [7, 11) is 0. The maximum Gasteiger partial charge on any atom is 0.248 e. The number of amides is 1. The van der Waals surface area contributed by atoms with Gasteiger partial charge in [0.25, 0.3) is 0 Å². The summed E-state index contributed by atoms with van der Waals surface area (Å²) in [5.74, 6) is 0.00617. The van der Waals surface area contributed by atoms with Crippen molar-refractivity contribution in [2.24, 2.45) is 5.73 Å². The third-order valence-corrected chi connectivity index (χ3v) is 3.58. The number of aryl methyl sites for hydroxylation is 1. The van der Waals surface area contributed by atoms with Gasteiger partial charge in [0.05, 0.1) is 11.0 Å². The van der Waals surface area contributed by atoms with Crippen LogP contribution in [0.2, 0.25) is 0 Å². The quantitative estimate of drug-likeness (QED) is 0.802. The van der Waals surface area contributed by atoms with E-state index < -0.39 is 5.91 Å². The number of hydrogen-bond acceptors (Lipinski definition) is 2. The Labute approximate surface area is 127 Å². The van der Waals surface area contributed by atoms with Gasteiger partial charge >= 0.3 is 0 Å². The fourth-order valence-electron chi connectivity index (χ4n) is 2.55. The Balaban J connectivity index is 2.21. The molecule has 4 nitrogen and oxygen atoms in total. The van der Waals surface area contributed by atoms with E-state index in [2.05, 4.69) is 16.5 Å². The highest BCUT2D eigenvalue weighted by molar-refractivity contribution is 5.96. The molecule has 0 aliphatic heterocycles. The molecule has 1 amide bonds. The van der Waals surface area contributed by atoms with Crippen LogP contribution in [0.3, 0.4) is 0 Å². The van der Waals surface area contributed by atoms with Gasteiger partial charge in [-0.1, -0.05) is 6.92 Å². The van der Waals surface area contributed by atoms with E-state index in [0.29, 0.717) is 11.1 Å². The van der Waals surface area contributed by atoms with Crippen LogP contribution in [0.15, 0.2) is 42.5 Å². The maximum atomic E-state index is 13.1. The zero-order valence-electron chi connectivity index (χ0n) is 12.2. The number of hydrogen-bond donors (Lipinski definition) is 1. The molecule has 0 spiro atoms. The van der Waals surface area contributed by atoms with Crippen molar-refractivity contribution in [3.05, 3.63) is 53.8 Å². The molecule has 0 radical (unpaired) electrons. The van der Waals surface area contributed by atoms with Crippen LogP contribution in [0.1, 0.15) is 23.7 Å². The summed E-state index contributed by atoms with van der Waals surface area (Å²) < 4.78 is 15.2. The van der Waals surface area contributed by atoms with Crippen LogP contribution in [0.4, 0.5) is 4.39 Å². The van der Waals surface area contributed by atoms with Gasteiger partial charge in [0, 0.05) is 17.7 Å². The van der Waals surface area contributed by atoms with E-state index in [1.165, 1.54) is 12.1 Å². The molecule has 0 aliphatic carbocycles. The molecule has 1 aromatic heterocycles. The predicted octanol–water partition coefficient (Wildman–Crippen LogP) is 3.35. The Bertz CT molecular complexity index is 837. The molecule has 112 valence electrons. The second-order valence-electron chi connectivity index (χ2n) is 5.16. The Morgan fingerprint density at radius 3 is 2.59 bits per heavy atom. The van der Waals surface area contributed by atoms with E-state index in [1.54, 1.807) is 24.3 Å². The molecule has 3 aromatic rings. The summed E-state index contributed by atoms with van der Waals surface area (Å²) in [5, 5.41) is 0. The van der Waals surface area contributed by atoms with E-state index in [4.69, 9.17) is 5.73 Å². The first-order valence-electron chi connectivity index (χ1n) is 7.16. The van der Waals surface area contributed by atoms with Crippen molar-refractivity contribution in [1.29, 1.82) is 0 Å². The van der Waals surface area contributed by atoms with Crippen molar-refractivity contribution < 1.29 is 9.18 Å². The maximum absolute atomic E-state index is 13.1. The number of carbonyl (C=O) groups excluding carboxylic acids is 1. The van der Waals surface area contributed by atoms with Crippen LogP contribution in [0.5, 0.6) is 0 Å². The fraction of sp³-hybridized carbons (Fsp3) is 0.176. The molecular weight excluding hydrogens is 281 g/mol. The van der Waals surface area contributed by atoms with Gasteiger partial charge in [0.1, 0.15) is 11.6 Å². The van der Waals surface area contributed by atoms with Crippen LogP contribution in [0.25, 0.3) is 22.4 Å². The normalized spacial score (nSPS) is 11.0. The van der Waals surface area contributed by atoms with Crippen LogP contribution < -0.4 is 5.73 Å². The first-order valence-corrected chi connectivity index (χ1v) is 7.16. The molecule has 0 saturated heterocycles. The van der Waals surface area contributed by atoms with Crippen molar-refractivity contribution in [1.82, 2.24) is 9.55 Å². The number of rotatable bonds is 4. The number of halogens is 1. The van der Waals surface area contributed by atoms with Gasteiger partial charge in [-0.05, 0) is 48.9 Å². The van der Waals surface area contributed by atoms with Crippen LogP contribution in [-0.2, 0) is 6.54 Å². The molecule has 0 atom stereocenters. The van der Waals surface area contributed by atoms with E-state index in [-0.39, 0.29) is 5.82 Å². The molecule has 22 heavy (non-hydrogen) atoms. The highest BCUT2D eigenvalue weighted by atomic mass is 19.1. The van der Waals surface area contributed by atoms with E-state index >= 15 is 0 Å². The smallest absolute Gasteiger partial charge is 0.248 e. The predicted molar refractivity (Wildman–Crippen MR) is 83.9 cm³/mol. The zero-order chi connectivity index (χ0) is 15.7. The summed E-state index contributed by atoms with van der Waals surface area (Å²) in [6, 6.07) is 11.5. The van der Waals surface area contributed by atoms with Crippen molar-refractivity contribution in [2.45, 2.75) is 19.9 Å². The lowest BCUT2D eigenvalue weighted by molar-refractivity contribution is 0.100. The molecule has 0 unspecified atom stereocenters. The van der Waals surface area contributed by atoms with Gasteiger partial charge in [-0.15, -0.1) is 0 Å². The summed E-state index contributed by atoms with van der Waals surface area (Å²) in [6.45, 7) is 2.87. The second-order valence-corrected chi connectivity index (χ2v) is 5.16. The lowest BCUT2D eigenvalue weighted by Crippen LogP contribution is -2.10. The van der Waals surface area contributed by atoms with Gasteiger partial charge in [-0.25, -0.2) is 9.37 Å². The number of aromatic nitrogens is 2. The Kier molecular flexibility index (Phi) is 3.63. The summed E-state index contributed by atoms with van der Waals surface area (Å²) >= 11 is 0. The number of carbonyl (C=O) groups is 1. The summed E-state index contributed by atoms with van der Waals surface area (Å²) in [5.41, 5.74) is 8.24. The van der Waals surface area contributed by atoms with Crippen LogP contribution in [-0.4, -0.2) is 15.5 Å². The van der Waals surface area contributed by atoms with Crippen LogP contribution in [0, 0.1) is 5.82 Å². The summed E-state index contributed by atoms with van der Waals surface area (Å²) in [6.07, 6.45) is 0.942. The van der Waals surface area contributed by atoms with Gasteiger partial charge in [-0.3, -0.25) is 4.79 Å². The summed E-state index contributed by atoms with van der Waals surface area (Å²) in [4.78, 5) is 15.9. The van der Waals surface area contributed by atoms with Crippen molar-refractivity contribution >= 4 is 16.9 Å². The Morgan fingerprint density at radius 1 is 1.23 bits per heavy atom. The Hall–Kier alpha value is -2.69. The minimum Gasteiger partial charge on any atom is -0.366 e. The molecule has 0 aliphatic rings. The minimum atomic E-state index is -0.477. The first kappa shape index (κ1) is 14.3. The number of imidazole rings is 1. The molecular formula is C17H16FN3O. The standard InChI is InChI=1S/C17H16FN3O/c1-2-9-21-15-8-5-12(16(19)22)10-14(15)20-17(21)11-3-6-13(18)7-4-11/h3-8,10H,2,9H2,1H3,(H2,19,22). The van der Waals surface area contributed by atoms with Crippen LogP contribution >= 0.6 is 0 Å². The minimum absolute atomic E-state index is 0.280. The number of primary amides is 1. The molecule has 3 rings (SSSR count). The molecule has 5 heteroatoms. The number of nitrogens with zero attached hydrogens (tertiary/aromatic N) is 2. The monoisotopic (exact) mass is 297 g/mol. The zero-order valence-corrected chi connectivity index (χ0v) is 12.2. The number of nitrogens with two attached hydrogens (primary N) is 1. The van der Waals surface area contributed by atoms with Gasteiger partial charge in [0.2, 0.25) is 5.91 Å². The van der Waals surface area contributed by atoms with E-state index in [0.717, 1.165) is 29.9 Å². The highest BCUT2D eigenvalue weighted by Gasteiger charge is 2.13. The topological polar surface area (TPSA) is 60.9 Å². The molecule has 0 bridgehead atoms. The number of fused-ring (bicyclic) bond motifs is 1.